The van der Waals surface area contributed by atoms with Crippen molar-refractivity contribution in [3.05, 3.63) is 54.0 Å². The summed E-state index contributed by atoms with van der Waals surface area (Å²) in [7, 11) is 0. The van der Waals surface area contributed by atoms with Crippen LogP contribution in [0.15, 0.2) is 61.2 Å². The molecule has 0 aliphatic heterocycles. The SMILES string of the molecule is Cc1ccc(-c2nc(CSc3nnc(-c4ccco4)o3)no2)cc1. The first-order valence-corrected chi connectivity index (χ1v) is 8.16. The normalized spacial score (nSPS) is 11.0. The van der Waals surface area contributed by atoms with Crippen molar-refractivity contribution in [2.24, 2.45) is 0 Å². The number of aromatic nitrogens is 4. The van der Waals surface area contributed by atoms with Crippen molar-refractivity contribution < 1.29 is 13.4 Å². The van der Waals surface area contributed by atoms with Crippen LogP contribution in [0.4, 0.5) is 0 Å². The van der Waals surface area contributed by atoms with Gasteiger partial charge in [-0.25, -0.2) is 0 Å². The smallest absolute Gasteiger partial charge is 0.284 e. The molecule has 0 amide bonds. The van der Waals surface area contributed by atoms with Gasteiger partial charge in [-0.3, -0.25) is 0 Å². The van der Waals surface area contributed by atoms with Gasteiger partial charge in [0.1, 0.15) is 0 Å². The summed E-state index contributed by atoms with van der Waals surface area (Å²) in [4.78, 5) is 4.37. The number of hydrogen-bond acceptors (Lipinski definition) is 8. The van der Waals surface area contributed by atoms with Crippen LogP contribution in [0, 0.1) is 6.92 Å². The van der Waals surface area contributed by atoms with Gasteiger partial charge in [-0.15, -0.1) is 10.2 Å². The van der Waals surface area contributed by atoms with E-state index in [1.807, 2.05) is 31.2 Å². The average molecular weight is 340 g/mol. The first kappa shape index (κ1) is 14.7. The molecular formula is C16H12N4O3S. The summed E-state index contributed by atoms with van der Waals surface area (Å²) < 4.78 is 16.0. The van der Waals surface area contributed by atoms with E-state index in [1.54, 1.807) is 18.4 Å². The second kappa shape index (κ2) is 6.32. The van der Waals surface area contributed by atoms with Gasteiger partial charge in [-0.2, -0.15) is 4.98 Å². The summed E-state index contributed by atoms with van der Waals surface area (Å²) in [6.45, 7) is 2.03. The standard InChI is InChI=1S/C16H12N4O3S/c1-10-4-6-11(7-5-10)14-17-13(20-23-14)9-24-16-19-18-15(22-16)12-3-2-8-21-12/h2-8H,9H2,1H3. The molecule has 24 heavy (non-hydrogen) atoms. The molecule has 0 saturated carbocycles. The maximum atomic E-state index is 5.52. The summed E-state index contributed by atoms with van der Waals surface area (Å²) in [5, 5.41) is 12.3. The average Bonchev–Trinajstić information content (AvgIpc) is 3.34. The molecule has 0 unspecified atom stereocenters. The topological polar surface area (TPSA) is 91.0 Å². The first-order chi connectivity index (χ1) is 11.8. The monoisotopic (exact) mass is 340 g/mol. The molecule has 0 radical (unpaired) electrons. The molecule has 3 aromatic heterocycles. The number of nitrogens with zero attached hydrogens (tertiary/aromatic N) is 4. The largest absolute Gasteiger partial charge is 0.459 e. The molecular weight excluding hydrogens is 328 g/mol. The Labute approximate surface area is 141 Å². The van der Waals surface area contributed by atoms with E-state index in [0.717, 1.165) is 5.56 Å². The Morgan fingerprint density at radius 3 is 2.71 bits per heavy atom. The molecule has 0 aliphatic carbocycles. The molecule has 8 heteroatoms. The van der Waals surface area contributed by atoms with E-state index in [0.29, 0.717) is 34.3 Å². The molecule has 0 N–H and O–H groups in total. The lowest BCUT2D eigenvalue weighted by molar-refractivity contribution is 0.424. The summed E-state index contributed by atoms with van der Waals surface area (Å²) in [6, 6.07) is 11.4. The zero-order valence-corrected chi connectivity index (χ0v) is 13.5. The van der Waals surface area contributed by atoms with Crippen LogP contribution in [0.1, 0.15) is 11.4 Å². The van der Waals surface area contributed by atoms with Crippen LogP contribution in [0.25, 0.3) is 23.1 Å². The molecule has 0 spiro atoms. The summed E-state index contributed by atoms with van der Waals surface area (Å²) in [5.74, 6) is 2.40. The quantitative estimate of drug-likeness (QED) is 0.504. The van der Waals surface area contributed by atoms with Gasteiger partial charge in [0.15, 0.2) is 11.6 Å². The van der Waals surface area contributed by atoms with Crippen LogP contribution in [-0.4, -0.2) is 20.3 Å². The molecule has 4 rings (SSSR count). The minimum absolute atomic E-state index is 0.343. The Bertz CT molecular complexity index is 929. The van der Waals surface area contributed by atoms with Crippen molar-refractivity contribution in [1.82, 2.24) is 20.3 Å². The van der Waals surface area contributed by atoms with Crippen molar-refractivity contribution in [1.29, 1.82) is 0 Å². The summed E-state index contributed by atoms with van der Waals surface area (Å²) in [6.07, 6.45) is 1.55. The van der Waals surface area contributed by atoms with E-state index in [9.17, 15) is 0 Å². The van der Waals surface area contributed by atoms with Gasteiger partial charge in [0.2, 0.25) is 0 Å². The lowest BCUT2D eigenvalue weighted by atomic mass is 10.1. The molecule has 3 heterocycles. The van der Waals surface area contributed by atoms with Crippen molar-refractivity contribution in [3.8, 4) is 23.1 Å². The number of aryl methyl sites for hydroxylation is 1. The number of thioether (sulfide) groups is 1. The van der Waals surface area contributed by atoms with E-state index >= 15 is 0 Å². The van der Waals surface area contributed by atoms with E-state index in [4.69, 9.17) is 13.4 Å². The number of rotatable bonds is 5. The fourth-order valence-electron chi connectivity index (χ4n) is 2.02. The van der Waals surface area contributed by atoms with Crippen molar-refractivity contribution in [2.75, 3.05) is 0 Å². The highest BCUT2D eigenvalue weighted by Crippen LogP contribution is 2.26. The van der Waals surface area contributed by atoms with Crippen LogP contribution in [0.5, 0.6) is 0 Å². The third-order valence-electron chi connectivity index (χ3n) is 3.23. The molecule has 0 saturated heterocycles. The minimum Gasteiger partial charge on any atom is -0.459 e. The predicted octanol–water partition coefficient (Wildman–Crippen LogP) is 3.98. The van der Waals surface area contributed by atoms with Gasteiger partial charge in [0.25, 0.3) is 17.0 Å². The molecule has 4 aromatic rings. The Morgan fingerprint density at radius 2 is 1.92 bits per heavy atom. The van der Waals surface area contributed by atoms with Gasteiger partial charge in [0, 0.05) is 5.56 Å². The number of hydrogen-bond donors (Lipinski definition) is 0. The number of benzene rings is 1. The third kappa shape index (κ3) is 3.09. The van der Waals surface area contributed by atoms with Gasteiger partial charge >= 0.3 is 0 Å². The lowest BCUT2D eigenvalue weighted by Gasteiger charge is -1.94. The fraction of sp³-hybridized carbons (Fsp3) is 0.125. The van der Waals surface area contributed by atoms with Crippen molar-refractivity contribution in [2.45, 2.75) is 17.9 Å². The zero-order chi connectivity index (χ0) is 16.4. The Hall–Kier alpha value is -2.87. The second-order valence-electron chi connectivity index (χ2n) is 5.02. The molecule has 0 aliphatic rings. The van der Waals surface area contributed by atoms with E-state index < -0.39 is 0 Å². The van der Waals surface area contributed by atoms with Crippen LogP contribution in [0.3, 0.4) is 0 Å². The van der Waals surface area contributed by atoms with Crippen molar-refractivity contribution in [3.63, 3.8) is 0 Å². The van der Waals surface area contributed by atoms with E-state index in [1.165, 1.54) is 17.3 Å². The Kier molecular flexibility index (Phi) is 3.87. The molecule has 7 nitrogen and oxygen atoms in total. The number of furan rings is 1. The van der Waals surface area contributed by atoms with Gasteiger partial charge in [-0.1, -0.05) is 34.6 Å². The molecule has 0 fully saturated rings. The van der Waals surface area contributed by atoms with Gasteiger partial charge in [0.05, 0.1) is 12.0 Å². The lowest BCUT2D eigenvalue weighted by Crippen LogP contribution is -1.84. The zero-order valence-electron chi connectivity index (χ0n) is 12.7. The van der Waals surface area contributed by atoms with Crippen LogP contribution < -0.4 is 0 Å². The minimum atomic E-state index is 0.343. The van der Waals surface area contributed by atoms with E-state index in [2.05, 4.69) is 20.3 Å². The Morgan fingerprint density at radius 1 is 1.04 bits per heavy atom. The fourth-order valence-corrected chi connectivity index (χ4v) is 2.63. The second-order valence-corrected chi connectivity index (χ2v) is 5.95. The highest BCUT2D eigenvalue weighted by molar-refractivity contribution is 7.98. The van der Waals surface area contributed by atoms with Gasteiger partial charge in [-0.05, 0) is 31.2 Å². The highest BCUT2D eigenvalue weighted by atomic mass is 32.2. The molecule has 0 bridgehead atoms. The van der Waals surface area contributed by atoms with Gasteiger partial charge < -0.3 is 13.4 Å². The maximum Gasteiger partial charge on any atom is 0.284 e. The van der Waals surface area contributed by atoms with Crippen molar-refractivity contribution >= 4 is 11.8 Å². The first-order valence-electron chi connectivity index (χ1n) is 7.18. The van der Waals surface area contributed by atoms with Crippen LogP contribution >= 0.6 is 11.8 Å². The maximum absolute atomic E-state index is 5.52. The third-order valence-corrected chi connectivity index (χ3v) is 4.04. The molecule has 0 atom stereocenters. The van der Waals surface area contributed by atoms with Crippen LogP contribution in [0.2, 0.25) is 0 Å². The summed E-state index contributed by atoms with van der Waals surface area (Å²) >= 11 is 1.34. The molecule has 1 aromatic carbocycles. The highest BCUT2D eigenvalue weighted by Gasteiger charge is 2.14. The Balaban J connectivity index is 1.42. The predicted molar refractivity (Wildman–Crippen MR) is 86.0 cm³/mol. The summed E-state index contributed by atoms with van der Waals surface area (Å²) in [5.41, 5.74) is 2.07. The van der Waals surface area contributed by atoms with Crippen LogP contribution in [-0.2, 0) is 5.75 Å². The van der Waals surface area contributed by atoms with E-state index in [-0.39, 0.29) is 0 Å². The molecule has 120 valence electrons.